The van der Waals surface area contributed by atoms with Gasteiger partial charge in [0.05, 0.1) is 18.7 Å². The van der Waals surface area contributed by atoms with Gasteiger partial charge in [-0.2, -0.15) is 13.2 Å². The first kappa shape index (κ1) is 13.2. The van der Waals surface area contributed by atoms with Crippen LogP contribution in [0.15, 0.2) is 18.2 Å². The zero-order chi connectivity index (χ0) is 14.2. The van der Waals surface area contributed by atoms with Gasteiger partial charge < -0.3 is 11.1 Å². The van der Waals surface area contributed by atoms with Gasteiger partial charge in [0.25, 0.3) is 0 Å². The Morgan fingerprint density at radius 3 is 2.53 bits per heavy atom. The minimum atomic E-state index is -4.59. The Morgan fingerprint density at radius 2 is 2.00 bits per heavy atom. The monoisotopic (exact) mass is 273 g/mol. The number of hydrogen-bond acceptors (Lipinski definition) is 3. The van der Waals surface area contributed by atoms with E-state index in [0.717, 1.165) is 17.0 Å². The number of nitrogens with two attached hydrogens (primary N) is 1. The summed E-state index contributed by atoms with van der Waals surface area (Å²) in [4.78, 5) is 23.4. The molecular formula is C11H10F3N3O2. The third-order valence-electron chi connectivity index (χ3n) is 2.70. The molecule has 0 unspecified atom stereocenters. The molecule has 3 N–H and O–H groups in total. The highest BCUT2D eigenvalue weighted by atomic mass is 19.4. The van der Waals surface area contributed by atoms with E-state index < -0.39 is 30.2 Å². The highest BCUT2D eigenvalue weighted by molar-refractivity contribution is 6.01. The molecule has 2 rings (SSSR count). The van der Waals surface area contributed by atoms with Gasteiger partial charge in [-0.05, 0) is 17.7 Å². The number of imide groups is 1. The van der Waals surface area contributed by atoms with E-state index in [2.05, 4.69) is 5.32 Å². The summed E-state index contributed by atoms with van der Waals surface area (Å²) in [5, 5.41) is 2.24. The quantitative estimate of drug-likeness (QED) is 0.630. The number of alkyl halides is 3. The molecule has 0 aromatic heterocycles. The van der Waals surface area contributed by atoms with Gasteiger partial charge in [-0.1, -0.05) is 6.07 Å². The summed E-state index contributed by atoms with van der Waals surface area (Å²) in [6.45, 7) is -0.630. The molecule has 102 valence electrons. The topological polar surface area (TPSA) is 75.4 Å². The molecule has 0 aliphatic carbocycles. The van der Waals surface area contributed by atoms with Gasteiger partial charge in [-0.15, -0.1) is 0 Å². The van der Waals surface area contributed by atoms with E-state index >= 15 is 0 Å². The van der Waals surface area contributed by atoms with Gasteiger partial charge in [-0.3, -0.25) is 9.69 Å². The highest BCUT2D eigenvalue weighted by Gasteiger charge is 2.36. The van der Waals surface area contributed by atoms with Crippen LogP contribution in [0.25, 0.3) is 0 Å². The number of anilines is 1. The molecule has 1 heterocycles. The van der Waals surface area contributed by atoms with E-state index in [4.69, 9.17) is 5.73 Å². The first-order chi connectivity index (χ1) is 8.79. The first-order valence-electron chi connectivity index (χ1n) is 5.33. The molecule has 1 aliphatic heterocycles. The van der Waals surface area contributed by atoms with Crippen LogP contribution in [-0.2, 0) is 17.5 Å². The molecule has 3 amide bonds. The third-order valence-corrected chi connectivity index (χ3v) is 2.70. The van der Waals surface area contributed by atoms with E-state index in [9.17, 15) is 22.8 Å². The number of carbonyl (C=O) groups excluding carboxylic acids is 2. The summed E-state index contributed by atoms with van der Waals surface area (Å²) in [7, 11) is 0. The molecule has 1 aromatic carbocycles. The molecule has 1 aliphatic rings. The van der Waals surface area contributed by atoms with Crippen molar-refractivity contribution in [1.29, 1.82) is 0 Å². The van der Waals surface area contributed by atoms with E-state index in [1.165, 1.54) is 6.07 Å². The van der Waals surface area contributed by atoms with Crippen molar-refractivity contribution in [3.05, 3.63) is 29.3 Å². The molecule has 0 saturated carbocycles. The van der Waals surface area contributed by atoms with Crippen LogP contribution in [0.2, 0.25) is 0 Å². The summed E-state index contributed by atoms with van der Waals surface area (Å²) in [5.74, 6) is -0.560. The van der Waals surface area contributed by atoms with Crippen molar-refractivity contribution in [2.45, 2.75) is 12.7 Å². The van der Waals surface area contributed by atoms with Crippen molar-refractivity contribution in [3.8, 4) is 0 Å². The normalized spacial score (nSPS) is 15.8. The molecule has 0 atom stereocenters. The van der Waals surface area contributed by atoms with Gasteiger partial charge in [0.2, 0.25) is 5.91 Å². The SMILES string of the molecule is Nc1ccc(CN2C(=O)CNC2=O)c(C(F)(F)F)c1. The molecule has 0 radical (unpaired) electrons. The lowest BCUT2D eigenvalue weighted by Crippen LogP contribution is -2.31. The Bertz CT molecular complexity index is 526. The van der Waals surface area contributed by atoms with Gasteiger partial charge in [0, 0.05) is 5.69 Å². The fourth-order valence-electron chi connectivity index (χ4n) is 1.78. The van der Waals surface area contributed by atoms with Crippen LogP contribution in [0.3, 0.4) is 0 Å². The molecule has 5 nitrogen and oxygen atoms in total. The Morgan fingerprint density at radius 1 is 1.32 bits per heavy atom. The summed E-state index contributed by atoms with van der Waals surface area (Å²) in [6, 6.07) is 2.54. The Hall–Kier alpha value is -2.25. The molecule has 1 aromatic rings. The van der Waals surface area contributed by atoms with Gasteiger partial charge >= 0.3 is 12.2 Å². The lowest BCUT2D eigenvalue weighted by atomic mass is 10.1. The van der Waals surface area contributed by atoms with E-state index in [0.29, 0.717) is 0 Å². The summed E-state index contributed by atoms with van der Waals surface area (Å²) >= 11 is 0. The summed E-state index contributed by atoms with van der Waals surface area (Å²) < 4.78 is 38.5. The zero-order valence-corrected chi connectivity index (χ0v) is 9.62. The van der Waals surface area contributed by atoms with Crippen LogP contribution in [0, 0.1) is 0 Å². The average molecular weight is 273 g/mol. The minimum absolute atomic E-state index is 0.0340. The summed E-state index contributed by atoms with van der Waals surface area (Å²) in [5.41, 5.74) is 4.17. The van der Waals surface area contributed by atoms with E-state index in [1.54, 1.807) is 0 Å². The number of nitrogen functional groups attached to an aromatic ring is 1. The number of hydrogen-bond donors (Lipinski definition) is 2. The molecular weight excluding hydrogens is 263 g/mol. The van der Waals surface area contributed by atoms with Gasteiger partial charge in [0.15, 0.2) is 0 Å². The minimum Gasteiger partial charge on any atom is -0.399 e. The number of benzene rings is 1. The maximum atomic E-state index is 12.8. The summed E-state index contributed by atoms with van der Waals surface area (Å²) in [6.07, 6.45) is -4.59. The average Bonchev–Trinajstić information content (AvgIpc) is 2.61. The van der Waals surface area contributed by atoms with Gasteiger partial charge in [-0.25, -0.2) is 4.79 Å². The van der Waals surface area contributed by atoms with Crippen LogP contribution < -0.4 is 11.1 Å². The van der Waals surface area contributed by atoms with Crippen LogP contribution in [0.5, 0.6) is 0 Å². The number of carbonyl (C=O) groups is 2. The van der Waals surface area contributed by atoms with Crippen molar-refractivity contribution >= 4 is 17.6 Å². The van der Waals surface area contributed by atoms with Crippen LogP contribution in [-0.4, -0.2) is 23.4 Å². The molecule has 19 heavy (non-hydrogen) atoms. The lowest BCUT2D eigenvalue weighted by Gasteiger charge is -2.17. The number of amides is 3. The molecule has 1 fully saturated rings. The maximum absolute atomic E-state index is 12.8. The number of halogens is 3. The predicted molar refractivity (Wildman–Crippen MR) is 59.8 cm³/mol. The van der Waals surface area contributed by atoms with Crippen LogP contribution in [0.4, 0.5) is 23.7 Å². The largest absolute Gasteiger partial charge is 0.416 e. The lowest BCUT2D eigenvalue weighted by molar-refractivity contribution is -0.139. The Balaban J connectivity index is 2.35. The zero-order valence-electron chi connectivity index (χ0n) is 9.62. The van der Waals surface area contributed by atoms with Gasteiger partial charge in [0.1, 0.15) is 0 Å². The van der Waals surface area contributed by atoms with Crippen LogP contribution in [0.1, 0.15) is 11.1 Å². The molecule has 1 saturated heterocycles. The van der Waals surface area contributed by atoms with E-state index in [-0.39, 0.29) is 17.8 Å². The molecule has 8 heteroatoms. The second-order valence-electron chi connectivity index (χ2n) is 4.05. The fourth-order valence-corrected chi connectivity index (χ4v) is 1.78. The van der Waals surface area contributed by atoms with Crippen molar-refractivity contribution in [3.63, 3.8) is 0 Å². The van der Waals surface area contributed by atoms with Crippen molar-refractivity contribution in [2.24, 2.45) is 0 Å². The van der Waals surface area contributed by atoms with Crippen molar-refractivity contribution < 1.29 is 22.8 Å². The smallest absolute Gasteiger partial charge is 0.399 e. The predicted octanol–water partition coefficient (Wildman–Crippen LogP) is 1.34. The molecule has 0 spiro atoms. The van der Waals surface area contributed by atoms with E-state index in [1.807, 2.05) is 0 Å². The fraction of sp³-hybridized carbons (Fsp3) is 0.273. The Labute approximate surface area is 106 Å². The highest BCUT2D eigenvalue weighted by Crippen LogP contribution is 2.34. The van der Waals surface area contributed by atoms with Crippen molar-refractivity contribution in [1.82, 2.24) is 10.2 Å². The number of nitrogens with zero attached hydrogens (tertiary/aromatic N) is 1. The number of nitrogens with one attached hydrogen (secondary N) is 1. The molecule has 0 bridgehead atoms. The van der Waals surface area contributed by atoms with Crippen molar-refractivity contribution in [2.75, 3.05) is 12.3 Å². The maximum Gasteiger partial charge on any atom is 0.416 e. The third kappa shape index (κ3) is 2.61. The second kappa shape index (κ2) is 4.45. The number of urea groups is 1. The Kier molecular flexibility index (Phi) is 3.09. The number of rotatable bonds is 2. The second-order valence-corrected chi connectivity index (χ2v) is 4.05. The first-order valence-corrected chi connectivity index (χ1v) is 5.33. The van der Waals surface area contributed by atoms with Crippen LogP contribution >= 0.6 is 0 Å². The standard InChI is InChI=1S/C11H10F3N3O2/c12-11(13,14)8-3-7(15)2-1-6(8)5-17-9(18)4-16-10(17)19/h1-3H,4-5,15H2,(H,16,19).